The highest BCUT2D eigenvalue weighted by Gasteiger charge is 2.03. The van der Waals surface area contributed by atoms with E-state index in [-0.39, 0.29) is 5.91 Å². The number of carbonyl (C=O) groups is 1. The van der Waals surface area contributed by atoms with Crippen LogP contribution in [0.15, 0.2) is 53.4 Å². The Morgan fingerprint density at radius 1 is 1.19 bits per heavy atom. The highest BCUT2D eigenvalue weighted by molar-refractivity contribution is 8.00. The smallest absolute Gasteiger partial charge is 0.230 e. The molecule has 0 radical (unpaired) electrons. The van der Waals surface area contributed by atoms with Crippen molar-refractivity contribution in [2.24, 2.45) is 0 Å². The number of amides is 1. The molecule has 2 rings (SSSR count). The summed E-state index contributed by atoms with van der Waals surface area (Å²) < 4.78 is 0. The molecule has 3 N–H and O–H groups in total. The van der Waals surface area contributed by atoms with Gasteiger partial charge in [0.05, 0.1) is 5.75 Å². The van der Waals surface area contributed by atoms with Crippen LogP contribution in [0.5, 0.6) is 0 Å². The molecule has 0 spiro atoms. The largest absolute Gasteiger partial charge is 0.399 e. The number of nitrogens with one attached hydrogen (secondary N) is 1. The Labute approximate surface area is 133 Å². The molecule has 0 unspecified atom stereocenters. The van der Waals surface area contributed by atoms with Gasteiger partial charge >= 0.3 is 0 Å². The van der Waals surface area contributed by atoms with Gasteiger partial charge in [0.15, 0.2) is 0 Å². The molecule has 0 saturated carbocycles. The van der Waals surface area contributed by atoms with E-state index < -0.39 is 0 Å². The van der Waals surface area contributed by atoms with Crippen molar-refractivity contribution >= 4 is 35.0 Å². The molecular formula is C16H17ClN2OS. The van der Waals surface area contributed by atoms with Gasteiger partial charge in [-0.2, -0.15) is 0 Å². The molecule has 1 amide bonds. The van der Waals surface area contributed by atoms with E-state index in [1.54, 1.807) is 0 Å². The third kappa shape index (κ3) is 5.69. The molecule has 0 aliphatic rings. The molecule has 0 aliphatic heterocycles. The minimum Gasteiger partial charge on any atom is -0.399 e. The van der Waals surface area contributed by atoms with Gasteiger partial charge in [-0.15, -0.1) is 11.8 Å². The summed E-state index contributed by atoms with van der Waals surface area (Å²) >= 11 is 7.41. The van der Waals surface area contributed by atoms with Crippen LogP contribution in [0.25, 0.3) is 0 Å². The molecule has 110 valence electrons. The summed E-state index contributed by atoms with van der Waals surface area (Å²) in [5.41, 5.74) is 7.46. The van der Waals surface area contributed by atoms with E-state index in [9.17, 15) is 4.79 Å². The highest BCUT2D eigenvalue weighted by Crippen LogP contribution is 2.18. The zero-order valence-corrected chi connectivity index (χ0v) is 13.1. The zero-order chi connectivity index (χ0) is 15.1. The van der Waals surface area contributed by atoms with Crippen LogP contribution in [-0.4, -0.2) is 18.2 Å². The molecule has 0 aliphatic carbocycles. The lowest BCUT2D eigenvalue weighted by atomic mass is 10.1. The predicted octanol–water partition coefficient (Wildman–Crippen LogP) is 3.37. The third-order valence-electron chi connectivity index (χ3n) is 2.87. The Bertz CT molecular complexity index is 601. The van der Waals surface area contributed by atoms with Crippen LogP contribution >= 0.6 is 23.4 Å². The van der Waals surface area contributed by atoms with E-state index in [1.165, 1.54) is 11.8 Å². The number of halogens is 1. The molecule has 3 nitrogen and oxygen atoms in total. The summed E-state index contributed by atoms with van der Waals surface area (Å²) in [4.78, 5) is 12.8. The monoisotopic (exact) mass is 320 g/mol. The van der Waals surface area contributed by atoms with Gasteiger partial charge in [0.1, 0.15) is 0 Å². The summed E-state index contributed by atoms with van der Waals surface area (Å²) in [5, 5.41) is 3.62. The topological polar surface area (TPSA) is 55.1 Å². The predicted molar refractivity (Wildman–Crippen MR) is 89.7 cm³/mol. The average Bonchev–Trinajstić information content (AvgIpc) is 2.47. The van der Waals surface area contributed by atoms with E-state index in [4.69, 9.17) is 17.3 Å². The lowest BCUT2D eigenvalue weighted by molar-refractivity contribution is -0.118. The second kappa shape index (κ2) is 7.96. The van der Waals surface area contributed by atoms with Crippen molar-refractivity contribution in [3.05, 3.63) is 59.1 Å². The van der Waals surface area contributed by atoms with Gasteiger partial charge in [-0.3, -0.25) is 4.79 Å². The SMILES string of the molecule is Nc1ccc(SCC(=O)NCCc2cccc(Cl)c2)cc1. The third-order valence-corrected chi connectivity index (χ3v) is 4.12. The van der Waals surface area contributed by atoms with Gasteiger partial charge in [0, 0.05) is 22.2 Å². The summed E-state index contributed by atoms with van der Waals surface area (Å²) in [6, 6.07) is 15.2. The number of thioether (sulfide) groups is 1. The fraction of sp³-hybridized carbons (Fsp3) is 0.188. The summed E-state index contributed by atoms with van der Waals surface area (Å²) in [6.07, 6.45) is 0.777. The van der Waals surface area contributed by atoms with Crippen LogP contribution in [0, 0.1) is 0 Å². The lowest BCUT2D eigenvalue weighted by Crippen LogP contribution is -2.27. The van der Waals surface area contributed by atoms with Crippen LogP contribution in [-0.2, 0) is 11.2 Å². The molecule has 0 aromatic heterocycles. The number of anilines is 1. The molecule has 5 heteroatoms. The second-order valence-electron chi connectivity index (χ2n) is 4.59. The van der Waals surface area contributed by atoms with Crippen molar-refractivity contribution in [3.63, 3.8) is 0 Å². The second-order valence-corrected chi connectivity index (χ2v) is 6.07. The quantitative estimate of drug-likeness (QED) is 0.634. The Hall–Kier alpha value is -1.65. The molecule has 0 fully saturated rings. The summed E-state index contributed by atoms with van der Waals surface area (Å²) in [5.74, 6) is 0.429. The maximum Gasteiger partial charge on any atom is 0.230 e. The molecule has 2 aromatic rings. The van der Waals surface area contributed by atoms with E-state index >= 15 is 0 Å². The van der Waals surface area contributed by atoms with E-state index in [1.807, 2.05) is 48.5 Å². The number of nitrogen functional groups attached to an aromatic ring is 1. The van der Waals surface area contributed by atoms with Crippen molar-refractivity contribution < 1.29 is 4.79 Å². The van der Waals surface area contributed by atoms with Gasteiger partial charge in [0.2, 0.25) is 5.91 Å². The molecule has 0 heterocycles. The average molecular weight is 321 g/mol. The lowest BCUT2D eigenvalue weighted by Gasteiger charge is -2.06. The number of hydrogen-bond acceptors (Lipinski definition) is 3. The maximum absolute atomic E-state index is 11.8. The van der Waals surface area contributed by atoms with E-state index in [2.05, 4.69) is 5.32 Å². The Balaban J connectivity index is 1.69. The standard InChI is InChI=1S/C16H17ClN2OS/c17-13-3-1-2-12(10-13)8-9-19-16(20)11-21-15-6-4-14(18)5-7-15/h1-7,10H,8-9,11,18H2,(H,19,20). The minimum atomic E-state index is 0.0267. The number of carbonyl (C=O) groups excluding carboxylic acids is 1. The summed E-state index contributed by atoms with van der Waals surface area (Å²) in [6.45, 7) is 0.613. The van der Waals surface area contributed by atoms with E-state index in [0.29, 0.717) is 12.3 Å². The van der Waals surface area contributed by atoms with Gasteiger partial charge in [0.25, 0.3) is 0 Å². The minimum absolute atomic E-state index is 0.0267. The zero-order valence-electron chi connectivity index (χ0n) is 11.5. The molecule has 0 saturated heterocycles. The van der Waals surface area contributed by atoms with Crippen molar-refractivity contribution in [1.29, 1.82) is 0 Å². The fourth-order valence-electron chi connectivity index (χ4n) is 1.80. The van der Waals surface area contributed by atoms with Gasteiger partial charge in [-0.25, -0.2) is 0 Å². The number of rotatable bonds is 6. The van der Waals surface area contributed by atoms with Crippen LogP contribution < -0.4 is 11.1 Å². The normalized spacial score (nSPS) is 10.3. The van der Waals surface area contributed by atoms with Crippen LogP contribution in [0.2, 0.25) is 5.02 Å². The van der Waals surface area contributed by atoms with E-state index in [0.717, 1.165) is 27.6 Å². The molecule has 2 aromatic carbocycles. The highest BCUT2D eigenvalue weighted by atomic mass is 35.5. The molecule has 0 bridgehead atoms. The first-order chi connectivity index (χ1) is 10.1. The molecular weight excluding hydrogens is 304 g/mol. The maximum atomic E-state index is 11.8. The Morgan fingerprint density at radius 3 is 2.67 bits per heavy atom. The van der Waals surface area contributed by atoms with Crippen molar-refractivity contribution in [1.82, 2.24) is 5.32 Å². The Morgan fingerprint density at radius 2 is 1.95 bits per heavy atom. The van der Waals surface area contributed by atoms with Crippen LogP contribution in [0.3, 0.4) is 0 Å². The first-order valence-corrected chi connectivity index (χ1v) is 7.99. The number of nitrogens with two attached hydrogens (primary N) is 1. The number of hydrogen-bond donors (Lipinski definition) is 2. The van der Waals surface area contributed by atoms with Crippen molar-refractivity contribution in [3.8, 4) is 0 Å². The van der Waals surface area contributed by atoms with Gasteiger partial charge in [-0.05, 0) is 48.4 Å². The number of benzene rings is 2. The summed E-state index contributed by atoms with van der Waals surface area (Å²) in [7, 11) is 0. The van der Waals surface area contributed by atoms with Crippen molar-refractivity contribution in [2.75, 3.05) is 18.0 Å². The van der Waals surface area contributed by atoms with Gasteiger partial charge in [-0.1, -0.05) is 23.7 Å². The molecule has 0 atom stereocenters. The first kappa shape index (κ1) is 15.7. The first-order valence-electron chi connectivity index (χ1n) is 6.63. The van der Waals surface area contributed by atoms with Crippen molar-refractivity contribution in [2.45, 2.75) is 11.3 Å². The van der Waals surface area contributed by atoms with Gasteiger partial charge < -0.3 is 11.1 Å². The molecule has 21 heavy (non-hydrogen) atoms. The fourth-order valence-corrected chi connectivity index (χ4v) is 2.74. The van der Waals surface area contributed by atoms with Crippen LogP contribution in [0.4, 0.5) is 5.69 Å². The van der Waals surface area contributed by atoms with Crippen LogP contribution in [0.1, 0.15) is 5.56 Å². The Kier molecular flexibility index (Phi) is 5.96.